The first-order chi connectivity index (χ1) is 5.72. The zero-order valence-electron chi connectivity index (χ0n) is 8.18. The van der Waals surface area contributed by atoms with Crippen LogP contribution in [-0.2, 0) is 4.79 Å². The van der Waals surface area contributed by atoms with Crippen molar-refractivity contribution >= 4 is 5.91 Å². The van der Waals surface area contributed by atoms with Gasteiger partial charge < -0.3 is 4.90 Å². The Morgan fingerprint density at radius 3 is 2.58 bits per heavy atom. The van der Waals surface area contributed by atoms with Crippen LogP contribution in [0.25, 0.3) is 0 Å². The van der Waals surface area contributed by atoms with Crippen molar-refractivity contribution in [3.05, 3.63) is 12.8 Å². The zero-order valence-corrected chi connectivity index (χ0v) is 8.18. The highest BCUT2D eigenvalue weighted by Gasteiger charge is 2.03. The van der Waals surface area contributed by atoms with Crippen LogP contribution in [0.15, 0.2) is 12.8 Å². The third kappa shape index (κ3) is 4.94. The first-order valence-electron chi connectivity index (χ1n) is 4.60. The highest BCUT2D eigenvalue weighted by atomic mass is 16.2. The van der Waals surface area contributed by atoms with E-state index in [1.54, 1.807) is 18.1 Å². The minimum absolute atomic E-state index is 0.168. The summed E-state index contributed by atoms with van der Waals surface area (Å²) in [6.07, 6.45) is 6.82. The van der Waals surface area contributed by atoms with E-state index in [0.717, 1.165) is 12.8 Å². The molecule has 2 nitrogen and oxygen atoms in total. The maximum atomic E-state index is 11.2. The van der Waals surface area contributed by atoms with Crippen LogP contribution < -0.4 is 0 Å². The molecule has 0 saturated heterocycles. The molecule has 0 rings (SSSR count). The molecule has 0 N–H and O–H groups in total. The second-order valence-electron chi connectivity index (χ2n) is 3.00. The third-order valence-corrected chi connectivity index (χ3v) is 1.91. The molecule has 0 aromatic carbocycles. The van der Waals surface area contributed by atoms with Crippen molar-refractivity contribution in [3.8, 4) is 0 Å². The summed E-state index contributed by atoms with van der Waals surface area (Å²) < 4.78 is 0. The number of rotatable bonds is 6. The van der Waals surface area contributed by atoms with Crippen molar-refractivity contribution in [3.63, 3.8) is 0 Å². The van der Waals surface area contributed by atoms with Crippen LogP contribution in [0, 0.1) is 0 Å². The van der Waals surface area contributed by atoms with Crippen molar-refractivity contribution < 1.29 is 4.79 Å². The summed E-state index contributed by atoms with van der Waals surface area (Å²) in [6.45, 7) is 5.70. The van der Waals surface area contributed by atoms with Gasteiger partial charge in [0.15, 0.2) is 0 Å². The van der Waals surface area contributed by atoms with Gasteiger partial charge in [0, 0.05) is 13.5 Å². The fraction of sp³-hybridized carbons (Fsp3) is 0.700. The number of hydrogen-bond donors (Lipinski definition) is 0. The second kappa shape index (κ2) is 6.89. The summed E-state index contributed by atoms with van der Waals surface area (Å²) in [5.41, 5.74) is 0. The van der Waals surface area contributed by atoms with Crippen molar-refractivity contribution in [2.45, 2.75) is 39.0 Å². The molecule has 0 bridgehead atoms. The van der Waals surface area contributed by atoms with E-state index in [9.17, 15) is 4.79 Å². The second-order valence-corrected chi connectivity index (χ2v) is 3.00. The lowest BCUT2D eigenvalue weighted by Gasteiger charge is -2.10. The molecule has 0 atom stereocenters. The van der Waals surface area contributed by atoms with Crippen molar-refractivity contribution in [1.82, 2.24) is 4.90 Å². The van der Waals surface area contributed by atoms with Crippen molar-refractivity contribution in [2.75, 3.05) is 7.05 Å². The van der Waals surface area contributed by atoms with E-state index >= 15 is 0 Å². The predicted molar refractivity (Wildman–Crippen MR) is 51.7 cm³/mol. The number of nitrogens with zero attached hydrogens (tertiary/aromatic N) is 1. The summed E-state index contributed by atoms with van der Waals surface area (Å²) in [5.74, 6) is 0.168. The molecular weight excluding hydrogens is 150 g/mol. The highest BCUT2D eigenvalue weighted by molar-refractivity contribution is 5.76. The van der Waals surface area contributed by atoms with Gasteiger partial charge in [0.05, 0.1) is 0 Å². The molecule has 0 radical (unpaired) electrons. The minimum Gasteiger partial charge on any atom is -0.323 e. The Bertz CT molecular complexity index is 143. The maximum absolute atomic E-state index is 11.2. The van der Waals surface area contributed by atoms with Gasteiger partial charge in [0.1, 0.15) is 0 Å². The van der Waals surface area contributed by atoms with Gasteiger partial charge in [-0.15, -0.1) is 0 Å². The SMILES string of the molecule is C=CN(C)C(=O)CCCCCC. The monoisotopic (exact) mass is 169 g/mol. The molecule has 0 unspecified atom stereocenters. The van der Waals surface area contributed by atoms with Gasteiger partial charge in [0.25, 0.3) is 0 Å². The van der Waals surface area contributed by atoms with Crippen LogP contribution in [0.4, 0.5) is 0 Å². The minimum atomic E-state index is 0.168. The Kier molecular flexibility index (Phi) is 6.44. The van der Waals surface area contributed by atoms with Gasteiger partial charge >= 0.3 is 0 Å². The molecule has 0 saturated carbocycles. The average molecular weight is 169 g/mol. The number of carbonyl (C=O) groups excluding carboxylic acids is 1. The molecule has 70 valence electrons. The summed E-state index contributed by atoms with van der Waals surface area (Å²) in [6, 6.07) is 0. The molecule has 1 amide bonds. The Balaban J connectivity index is 3.37. The Morgan fingerprint density at radius 2 is 2.08 bits per heavy atom. The Hall–Kier alpha value is -0.790. The zero-order chi connectivity index (χ0) is 9.40. The first-order valence-corrected chi connectivity index (χ1v) is 4.60. The lowest BCUT2D eigenvalue weighted by atomic mass is 10.1. The average Bonchev–Trinajstić information content (AvgIpc) is 2.10. The van der Waals surface area contributed by atoms with Gasteiger partial charge in [-0.25, -0.2) is 0 Å². The van der Waals surface area contributed by atoms with Gasteiger partial charge in [-0.3, -0.25) is 4.79 Å². The normalized spacial score (nSPS) is 9.50. The molecule has 0 spiro atoms. The first kappa shape index (κ1) is 11.2. The largest absolute Gasteiger partial charge is 0.323 e. The third-order valence-electron chi connectivity index (χ3n) is 1.91. The molecular formula is C10H19NO. The van der Waals surface area contributed by atoms with Crippen LogP contribution >= 0.6 is 0 Å². The lowest BCUT2D eigenvalue weighted by molar-refractivity contribution is -0.127. The molecule has 12 heavy (non-hydrogen) atoms. The van der Waals surface area contributed by atoms with Crippen LogP contribution in [0.5, 0.6) is 0 Å². The van der Waals surface area contributed by atoms with E-state index in [0.29, 0.717) is 6.42 Å². The maximum Gasteiger partial charge on any atom is 0.226 e. The summed E-state index contributed by atoms with van der Waals surface area (Å²) in [4.78, 5) is 12.7. The van der Waals surface area contributed by atoms with E-state index in [-0.39, 0.29) is 5.91 Å². The van der Waals surface area contributed by atoms with Gasteiger partial charge in [-0.2, -0.15) is 0 Å². The summed E-state index contributed by atoms with van der Waals surface area (Å²) in [5, 5.41) is 0. The van der Waals surface area contributed by atoms with Crippen LogP contribution in [0.2, 0.25) is 0 Å². The topological polar surface area (TPSA) is 20.3 Å². The van der Waals surface area contributed by atoms with Gasteiger partial charge in [-0.1, -0.05) is 32.8 Å². The molecule has 0 fully saturated rings. The van der Waals surface area contributed by atoms with E-state index < -0.39 is 0 Å². The van der Waals surface area contributed by atoms with Crippen LogP contribution in [0.3, 0.4) is 0 Å². The Morgan fingerprint density at radius 1 is 1.42 bits per heavy atom. The number of unbranched alkanes of at least 4 members (excludes halogenated alkanes) is 3. The smallest absolute Gasteiger partial charge is 0.226 e. The van der Waals surface area contributed by atoms with Gasteiger partial charge in [-0.05, 0) is 12.6 Å². The van der Waals surface area contributed by atoms with E-state index in [2.05, 4.69) is 13.5 Å². The standard InChI is InChI=1S/C10H19NO/c1-4-6-7-8-9-10(12)11(3)5-2/h5H,2,4,6-9H2,1,3H3. The summed E-state index contributed by atoms with van der Waals surface area (Å²) in [7, 11) is 1.75. The molecule has 0 aromatic heterocycles. The highest BCUT2D eigenvalue weighted by Crippen LogP contribution is 2.04. The molecule has 0 aliphatic heterocycles. The van der Waals surface area contributed by atoms with Gasteiger partial charge in [0.2, 0.25) is 5.91 Å². The molecule has 2 heteroatoms. The lowest BCUT2D eigenvalue weighted by Crippen LogP contribution is -2.19. The van der Waals surface area contributed by atoms with Crippen LogP contribution in [0.1, 0.15) is 39.0 Å². The van der Waals surface area contributed by atoms with Crippen LogP contribution in [-0.4, -0.2) is 17.9 Å². The predicted octanol–water partition coefficient (Wildman–Crippen LogP) is 2.56. The number of carbonyl (C=O) groups is 1. The number of amides is 1. The van der Waals surface area contributed by atoms with E-state index in [4.69, 9.17) is 0 Å². The van der Waals surface area contributed by atoms with Crippen molar-refractivity contribution in [2.24, 2.45) is 0 Å². The Labute approximate surface area is 75.3 Å². The fourth-order valence-electron chi connectivity index (χ4n) is 0.981. The summed E-state index contributed by atoms with van der Waals surface area (Å²) >= 11 is 0. The van der Waals surface area contributed by atoms with Crippen molar-refractivity contribution in [1.29, 1.82) is 0 Å². The fourth-order valence-corrected chi connectivity index (χ4v) is 0.981. The molecule has 0 heterocycles. The van der Waals surface area contributed by atoms with E-state index in [1.807, 2.05) is 0 Å². The molecule has 0 aliphatic carbocycles. The molecule has 0 aromatic rings. The molecule has 0 aliphatic rings. The quantitative estimate of drug-likeness (QED) is 0.559. The van der Waals surface area contributed by atoms with E-state index in [1.165, 1.54) is 12.8 Å². The number of hydrogen-bond acceptors (Lipinski definition) is 1.